The quantitative estimate of drug-likeness (QED) is 0.451. The van der Waals surface area contributed by atoms with Gasteiger partial charge in [-0.05, 0) is 70.3 Å². The zero-order valence-electron chi connectivity index (χ0n) is 24.0. The van der Waals surface area contributed by atoms with Crippen LogP contribution in [0.5, 0.6) is 0 Å². The predicted octanol–water partition coefficient (Wildman–Crippen LogP) is 4.54. The molecule has 0 aliphatic carbocycles. The largest absolute Gasteiger partial charge is 0.357 e. The Morgan fingerprint density at radius 3 is 2.45 bits per heavy atom. The highest BCUT2D eigenvalue weighted by molar-refractivity contribution is 7.17. The van der Waals surface area contributed by atoms with Crippen LogP contribution in [0.1, 0.15) is 74.0 Å². The van der Waals surface area contributed by atoms with Gasteiger partial charge in [0.05, 0.1) is 4.88 Å². The van der Waals surface area contributed by atoms with Crippen molar-refractivity contribution in [3.8, 4) is 10.6 Å². The molecule has 3 fully saturated rings. The Balaban J connectivity index is 1.09. The highest BCUT2D eigenvalue weighted by atomic mass is 32.1. The molecule has 3 aliphatic rings. The molecule has 1 unspecified atom stereocenters. The number of aryl methyl sites for hydroxylation is 1. The fraction of sp³-hybridized carbons (Fsp3) is 0.667. The molecule has 0 saturated carbocycles. The Labute approximate surface area is 241 Å². The molecule has 3 aromatic heterocycles. The number of hydrogen-bond acceptors (Lipinski definition) is 8. The van der Waals surface area contributed by atoms with Crippen LogP contribution in [-0.2, 0) is 7.05 Å². The number of nitrogens with one attached hydrogen (secondary N) is 1. The SMILES string of the molecule is Cn1nc(-c2cnc(C(=O)NC3CCCN(CCN4CCCCC4)C3)s2)c2ccc(N3CCCCCCC3)nc21. The van der Waals surface area contributed by atoms with Crippen molar-refractivity contribution in [1.29, 1.82) is 0 Å². The van der Waals surface area contributed by atoms with E-state index in [9.17, 15) is 4.79 Å². The summed E-state index contributed by atoms with van der Waals surface area (Å²) in [5.41, 5.74) is 1.73. The molecule has 6 rings (SSSR count). The molecule has 3 aliphatic heterocycles. The van der Waals surface area contributed by atoms with Gasteiger partial charge in [0, 0.05) is 57.4 Å². The van der Waals surface area contributed by atoms with Crippen LogP contribution in [0.15, 0.2) is 18.3 Å². The molecule has 1 amide bonds. The summed E-state index contributed by atoms with van der Waals surface area (Å²) in [4.78, 5) is 31.1. The number of rotatable bonds is 7. The smallest absolute Gasteiger partial charge is 0.280 e. The van der Waals surface area contributed by atoms with E-state index in [1.54, 1.807) is 6.20 Å². The zero-order valence-corrected chi connectivity index (χ0v) is 24.8. The van der Waals surface area contributed by atoms with Gasteiger partial charge in [-0.3, -0.25) is 4.79 Å². The minimum absolute atomic E-state index is 0.0724. The fourth-order valence-corrected chi connectivity index (χ4v) is 7.35. The second-order valence-electron chi connectivity index (χ2n) is 11.8. The zero-order chi connectivity index (χ0) is 27.3. The van der Waals surface area contributed by atoms with Crippen molar-refractivity contribution in [2.45, 2.75) is 70.3 Å². The third kappa shape index (κ3) is 6.50. The van der Waals surface area contributed by atoms with E-state index in [1.807, 2.05) is 11.7 Å². The molecule has 1 atom stereocenters. The van der Waals surface area contributed by atoms with Crippen LogP contribution < -0.4 is 10.2 Å². The maximum atomic E-state index is 13.2. The van der Waals surface area contributed by atoms with E-state index in [2.05, 4.69) is 37.1 Å². The Kier molecular flexibility index (Phi) is 8.94. The van der Waals surface area contributed by atoms with E-state index in [1.165, 1.54) is 75.8 Å². The van der Waals surface area contributed by atoms with E-state index in [-0.39, 0.29) is 11.9 Å². The van der Waals surface area contributed by atoms with Gasteiger partial charge in [-0.15, -0.1) is 11.3 Å². The molecule has 9 nitrogen and oxygen atoms in total. The number of nitrogens with zero attached hydrogens (tertiary/aromatic N) is 7. The maximum absolute atomic E-state index is 13.2. The number of carbonyl (C=O) groups excluding carboxylic acids is 1. The number of carbonyl (C=O) groups is 1. The monoisotopic (exact) mass is 564 g/mol. The number of fused-ring (bicyclic) bond motifs is 1. The van der Waals surface area contributed by atoms with E-state index in [4.69, 9.17) is 10.1 Å². The average Bonchev–Trinajstić information content (AvgIpc) is 3.58. The van der Waals surface area contributed by atoms with Gasteiger partial charge in [0.25, 0.3) is 5.91 Å². The van der Waals surface area contributed by atoms with Gasteiger partial charge in [-0.1, -0.05) is 25.7 Å². The number of pyridine rings is 1. The summed E-state index contributed by atoms with van der Waals surface area (Å²) in [6.07, 6.45) is 14.4. The van der Waals surface area contributed by atoms with Crippen LogP contribution in [0.4, 0.5) is 5.82 Å². The number of likely N-dealkylation sites (tertiary alicyclic amines) is 2. The van der Waals surface area contributed by atoms with Gasteiger partial charge < -0.3 is 20.0 Å². The van der Waals surface area contributed by atoms with Crippen LogP contribution in [0.25, 0.3) is 21.6 Å². The fourth-order valence-electron chi connectivity index (χ4n) is 6.53. The first-order chi connectivity index (χ1) is 19.6. The van der Waals surface area contributed by atoms with E-state index in [0.29, 0.717) is 5.01 Å². The number of anilines is 1. The lowest BCUT2D eigenvalue weighted by atomic mass is 10.1. The lowest BCUT2D eigenvalue weighted by Crippen LogP contribution is -2.49. The molecule has 10 heteroatoms. The Morgan fingerprint density at radius 2 is 1.62 bits per heavy atom. The third-order valence-electron chi connectivity index (χ3n) is 8.81. The summed E-state index contributed by atoms with van der Waals surface area (Å²) in [5, 5.41) is 9.58. The topological polar surface area (TPSA) is 82.4 Å². The number of hydrogen-bond donors (Lipinski definition) is 1. The number of piperidine rings is 2. The molecule has 1 N–H and O–H groups in total. The van der Waals surface area contributed by atoms with Crippen LogP contribution in [0, 0.1) is 0 Å². The Bertz CT molecular complexity index is 1270. The molecule has 6 heterocycles. The van der Waals surface area contributed by atoms with Gasteiger partial charge in [-0.25, -0.2) is 14.6 Å². The van der Waals surface area contributed by atoms with Gasteiger partial charge >= 0.3 is 0 Å². The van der Waals surface area contributed by atoms with Gasteiger partial charge in [0.1, 0.15) is 11.5 Å². The molecule has 3 saturated heterocycles. The second-order valence-corrected chi connectivity index (χ2v) is 12.8. The van der Waals surface area contributed by atoms with Crippen LogP contribution in [-0.4, -0.2) is 93.9 Å². The van der Waals surface area contributed by atoms with Crippen molar-refractivity contribution in [1.82, 2.24) is 34.9 Å². The molecular weight excluding hydrogens is 520 g/mol. The van der Waals surface area contributed by atoms with Crippen molar-refractivity contribution in [2.24, 2.45) is 7.05 Å². The minimum Gasteiger partial charge on any atom is -0.357 e. The minimum atomic E-state index is -0.0724. The Hall–Kier alpha value is -2.56. The molecule has 216 valence electrons. The molecule has 0 aromatic carbocycles. The summed E-state index contributed by atoms with van der Waals surface area (Å²) in [5.74, 6) is 0.961. The summed E-state index contributed by atoms with van der Waals surface area (Å²) < 4.78 is 1.86. The second kappa shape index (κ2) is 13.0. The van der Waals surface area contributed by atoms with Crippen LogP contribution >= 0.6 is 11.3 Å². The van der Waals surface area contributed by atoms with Crippen molar-refractivity contribution in [3.63, 3.8) is 0 Å². The van der Waals surface area contributed by atoms with E-state index >= 15 is 0 Å². The first kappa shape index (κ1) is 27.6. The van der Waals surface area contributed by atoms with Gasteiger partial charge in [-0.2, -0.15) is 5.10 Å². The van der Waals surface area contributed by atoms with Gasteiger partial charge in [0.2, 0.25) is 0 Å². The number of aromatic nitrogens is 4. The normalized spacial score (nSPS) is 21.8. The number of thiazole rings is 1. The number of amides is 1. The predicted molar refractivity (Wildman–Crippen MR) is 162 cm³/mol. The summed E-state index contributed by atoms with van der Waals surface area (Å²) in [7, 11) is 1.95. The lowest BCUT2D eigenvalue weighted by Gasteiger charge is -2.35. The first-order valence-corrected chi connectivity index (χ1v) is 16.3. The van der Waals surface area contributed by atoms with Crippen molar-refractivity contribution >= 4 is 34.1 Å². The Morgan fingerprint density at radius 1 is 0.925 bits per heavy atom. The van der Waals surface area contributed by atoms with E-state index < -0.39 is 0 Å². The molecule has 0 bridgehead atoms. The maximum Gasteiger partial charge on any atom is 0.280 e. The highest BCUT2D eigenvalue weighted by Gasteiger charge is 2.25. The molecule has 0 radical (unpaired) electrons. The third-order valence-corrected chi connectivity index (χ3v) is 9.81. The summed E-state index contributed by atoms with van der Waals surface area (Å²) in [6, 6.07) is 4.44. The molecular formula is C30H44N8OS. The molecule has 0 spiro atoms. The molecule has 40 heavy (non-hydrogen) atoms. The highest BCUT2D eigenvalue weighted by Crippen LogP contribution is 2.32. The lowest BCUT2D eigenvalue weighted by molar-refractivity contribution is 0.0894. The van der Waals surface area contributed by atoms with E-state index in [0.717, 1.165) is 79.5 Å². The summed E-state index contributed by atoms with van der Waals surface area (Å²) in [6.45, 7) is 8.89. The van der Waals surface area contributed by atoms with Gasteiger partial charge in [0.15, 0.2) is 10.7 Å². The van der Waals surface area contributed by atoms with Crippen LogP contribution in [0.2, 0.25) is 0 Å². The standard InChI is InChI=1S/C30H44N8OS/c1-35-28-24(12-13-26(33-28)38-17-8-3-2-4-9-18-38)27(34-35)25-21-31-30(40-25)29(39)32-23-11-10-16-37(22-23)20-19-36-14-6-5-7-15-36/h12-13,21,23H,2-11,14-20,22H2,1H3,(H,32,39). The van der Waals surface area contributed by atoms with Crippen molar-refractivity contribution in [3.05, 3.63) is 23.3 Å². The van der Waals surface area contributed by atoms with Crippen LogP contribution in [0.3, 0.4) is 0 Å². The van der Waals surface area contributed by atoms with Crippen molar-refractivity contribution < 1.29 is 4.79 Å². The first-order valence-electron chi connectivity index (χ1n) is 15.4. The average molecular weight is 565 g/mol. The van der Waals surface area contributed by atoms with Crippen molar-refractivity contribution in [2.75, 3.05) is 57.3 Å². The summed E-state index contributed by atoms with van der Waals surface area (Å²) >= 11 is 1.42. The molecule has 3 aromatic rings.